The molecule has 0 radical (unpaired) electrons. The largest absolute Gasteiger partial charge is 0.374 e. The van der Waals surface area contributed by atoms with Crippen LogP contribution >= 0.6 is 0 Å². The van der Waals surface area contributed by atoms with Crippen molar-refractivity contribution in [3.05, 3.63) is 0 Å². The average molecular weight is 242 g/mol. The molecule has 1 saturated heterocycles. The van der Waals surface area contributed by atoms with Crippen LogP contribution in [0, 0.1) is 0 Å². The first-order valence-electron chi connectivity index (χ1n) is 5.97. The number of carbonyl (C=O) groups excluding carboxylic acids is 2. The first kappa shape index (κ1) is 14.0. The highest BCUT2D eigenvalue weighted by Gasteiger charge is 2.35. The van der Waals surface area contributed by atoms with E-state index in [1.807, 2.05) is 20.8 Å². The van der Waals surface area contributed by atoms with Crippen molar-refractivity contribution < 1.29 is 14.3 Å². The lowest BCUT2D eigenvalue weighted by Gasteiger charge is -2.36. The Kier molecular flexibility index (Phi) is 4.14. The lowest BCUT2D eigenvalue weighted by Crippen LogP contribution is -2.62. The summed E-state index contributed by atoms with van der Waals surface area (Å²) >= 11 is 0. The third-order valence-electron chi connectivity index (χ3n) is 2.73. The zero-order valence-electron chi connectivity index (χ0n) is 11.2. The van der Waals surface area contributed by atoms with E-state index < -0.39 is 12.1 Å². The van der Waals surface area contributed by atoms with E-state index in [2.05, 4.69) is 5.32 Å². The first-order chi connectivity index (χ1) is 7.72. The molecule has 1 heterocycles. The van der Waals surface area contributed by atoms with E-state index in [0.29, 0.717) is 13.2 Å². The number of carbonyl (C=O) groups is 2. The second kappa shape index (κ2) is 5.04. The molecule has 2 unspecified atom stereocenters. The Hall–Kier alpha value is -1.10. The summed E-state index contributed by atoms with van der Waals surface area (Å²) in [5.41, 5.74) is -0.226. The third-order valence-corrected chi connectivity index (χ3v) is 2.73. The maximum atomic E-state index is 11.9. The molecule has 0 spiro atoms. The van der Waals surface area contributed by atoms with Gasteiger partial charge in [-0.1, -0.05) is 0 Å². The number of piperazine rings is 1. The maximum absolute atomic E-state index is 11.9. The van der Waals surface area contributed by atoms with Crippen molar-refractivity contribution in [1.82, 2.24) is 10.2 Å². The zero-order valence-corrected chi connectivity index (χ0v) is 11.2. The summed E-state index contributed by atoms with van der Waals surface area (Å²) in [6, 6.07) is -0.851. The Morgan fingerprint density at radius 3 is 2.41 bits per heavy atom. The Morgan fingerprint density at radius 2 is 1.88 bits per heavy atom. The number of nitrogens with one attached hydrogen (secondary N) is 1. The predicted octanol–water partition coefficient (Wildman–Crippen LogP) is 0.537. The number of rotatable bonds is 3. The van der Waals surface area contributed by atoms with Crippen LogP contribution in [-0.4, -0.2) is 47.6 Å². The Bertz CT molecular complexity index is 309. The van der Waals surface area contributed by atoms with Crippen LogP contribution in [0.15, 0.2) is 0 Å². The van der Waals surface area contributed by atoms with Crippen molar-refractivity contribution in [2.75, 3.05) is 13.2 Å². The van der Waals surface area contributed by atoms with Crippen molar-refractivity contribution in [3.8, 4) is 0 Å². The van der Waals surface area contributed by atoms with Crippen LogP contribution in [0.1, 0.15) is 34.6 Å². The molecule has 2 amide bonds. The van der Waals surface area contributed by atoms with Crippen LogP contribution in [0.25, 0.3) is 0 Å². The number of ether oxygens (including phenoxy) is 1. The molecule has 17 heavy (non-hydrogen) atoms. The molecule has 5 nitrogen and oxygen atoms in total. The number of amides is 2. The maximum Gasteiger partial charge on any atom is 0.245 e. The van der Waals surface area contributed by atoms with E-state index in [9.17, 15) is 9.59 Å². The van der Waals surface area contributed by atoms with Gasteiger partial charge in [-0.3, -0.25) is 9.59 Å². The number of hydrogen-bond acceptors (Lipinski definition) is 3. The van der Waals surface area contributed by atoms with Crippen LogP contribution in [0.3, 0.4) is 0 Å². The topological polar surface area (TPSA) is 58.6 Å². The average Bonchev–Trinajstić information content (AvgIpc) is 2.19. The molecule has 0 bridgehead atoms. The first-order valence-corrected chi connectivity index (χ1v) is 5.97. The van der Waals surface area contributed by atoms with Gasteiger partial charge in [-0.15, -0.1) is 0 Å². The van der Waals surface area contributed by atoms with Gasteiger partial charge in [0.05, 0.1) is 12.2 Å². The van der Waals surface area contributed by atoms with E-state index in [1.54, 1.807) is 18.7 Å². The zero-order chi connectivity index (χ0) is 13.2. The van der Waals surface area contributed by atoms with Crippen molar-refractivity contribution >= 4 is 11.8 Å². The molecule has 2 atom stereocenters. The second-order valence-corrected chi connectivity index (χ2v) is 5.40. The fourth-order valence-corrected chi connectivity index (χ4v) is 1.73. The summed E-state index contributed by atoms with van der Waals surface area (Å²) in [5, 5.41) is 2.64. The Balaban J connectivity index is 2.55. The summed E-state index contributed by atoms with van der Waals surface area (Å²) in [4.78, 5) is 25.0. The third kappa shape index (κ3) is 3.70. The molecule has 1 rings (SSSR count). The van der Waals surface area contributed by atoms with Crippen molar-refractivity contribution in [2.45, 2.75) is 52.3 Å². The quantitative estimate of drug-likeness (QED) is 0.785. The molecule has 0 aromatic carbocycles. The predicted molar refractivity (Wildman–Crippen MR) is 64.5 cm³/mol. The van der Waals surface area contributed by atoms with Crippen LogP contribution in [-0.2, 0) is 14.3 Å². The molecular weight excluding hydrogens is 220 g/mol. The van der Waals surface area contributed by atoms with E-state index in [0.717, 1.165) is 0 Å². The normalized spacial score (nSPS) is 26.1. The van der Waals surface area contributed by atoms with E-state index in [-0.39, 0.29) is 17.4 Å². The van der Waals surface area contributed by atoms with Gasteiger partial charge in [-0.2, -0.15) is 0 Å². The van der Waals surface area contributed by atoms with Gasteiger partial charge >= 0.3 is 0 Å². The van der Waals surface area contributed by atoms with Crippen LogP contribution in [0.5, 0.6) is 0 Å². The minimum atomic E-state index is -0.437. The van der Waals surface area contributed by atoms with E-state index in [4.69, 9.17) is 4.74 Å². The summed E-state index contributed by atoms with van der Waals surface area (Å²) in [6.07, 6.45) is 0. The molecule has 1 aliphatic heterocycles. The SMILES string of the molecule is CC1NC(=O)C(C)N(CCOC(C)(C)C)C1=O. The van der Waals surface area contributed by atoms with Gasteiger partial charge in [0.1, 0.15) is 12.1 Å². The summed E-state index contributed by atoms with van der Waals surface area (Å²) < 4.78 is 5.57. The van der Waals surface area contributed by atoms with E-state index in [1.165, 1.54) is 0 Å². The summed E-state index contributed by atoms with van der Waals surface area (Å²) in [5.74, 6) is -0.150. The van der Waals surface area contributed by atoms with Gasteiger partial charge < -0.3 is 15.0 Å². The lowest BCUT2D eigenvalue weighted by molar-refractivity contribution is -0.149. The standard InChI is InChI=1S/C12H22N2O3/c1-8-11(16)14(9(2)10(15)13-8)6-7-17-12(3,4)5/h8-9H,6-7H2,1-5H3,(H,13,15). The highest BCUT2D eigenvalue weighted by molar-refractivity contribution is 5.96. The monoisotopic (exact) mass is 242 g/mol. The molecule has 1 fully saturated rings. The number of nitrogens with zero attached hydrogens (tertiary/aromatic N) is 1. The minimum Gasteiger partial charge on any atom is -0.374 e. The second-order valence-electron chi connectivity index (χ2n) is 5.40. The summed E-state index contributed by atoms with van der Waals surface area (Å²) in [6.45, 7) is 10.2. The van der Waals surface area contributed by atoms with E-state index >= 15 is 0 Å². The lowest BCUT2D eigenvalue weighted by atomic mass is 10.1. The van der Waals surface area contributed by atoms with Crippen LogP contribution < -0.4 is 5.32 Å². The Morgan fingerprint density at radius 1 is 1.29 bits per heavy atom. The highest BCUT2D eigenvalue weighted by atomic mass is 16.5. The summed E-state index contributed by atoms with van der Waals surface area (Å²) in [7, 11) is 0. The van der Waals surface area contributed by atoms with Crippen molar-refractivity contribution in [2.24, 2.45) is 0 Å². The molecule has 5 heteroatoms. The van der Waals surface area contributed by atoms with Gasteiger partial charge in [0.2, 0.25) is 11.8 Å². The Labute approximate surface area is 102 Å². The molecule has 0 aliphatic carbocycles. The fourth-order valence-electron chi connectivity index (χ4n) is 1.73. The molecule has 0 saturated carbocycles. The van der Waals surface area contributed by atoms with Crippen LogP contribution in [0.2, 0.25) is 0 Å². The highest BCUT2D eigenvalue weighted by Crippen LogP contribution is 2.11. The molecule has 0 aromatic heterocycles. The van der Waals surface area contributed by atoms with Gasteiger partial charge in [0.25, 0.3) is 0 Å². The van der Waals surface area contributed by atoms with Crippen molar-refractivity contribution in [3.63, 3.8) is 0 Å². The fraction of sp³-hybridized carbons (Fsp3) is 0.833. The van der Waals surface area contributed by atoms with Crippen molar-refractivity contribution in [1.29, 1.82) is 0 Å². The molecule has 1 N–H and O–H groups in total. The molecule has 1 aliphatic rings. The smallest absolute Gasteiger partial charge is 0.245 e. The molecule has 0 aromatic rings. The van der Waals surface area contributed by atoms with Crippen LogP contribution in [0.4, 0.5) is 0 Å². The minimum absolute atomic E-state index is 0.0467. The molecule has 98 valence electrons. The van der Waals surface area contributed by atoms with Gasteiger partial charge in [0, 0.05) is 6.54 Å². The number of hydrogen-bond donors (Lipinski definition) is 1. The molecular formula is C12H22N2O3. The van der Waals surface area contributed by atoms with Gasteiger partial charge in [-0.25, -0.2) is 0 Å². The van der Waals surface area contributed by atoms with Gasteiger partial charge in [0.15, 0.2) is 0 Å². The van der Waals surface area contributed by atoms with Gasteiger partial charge in [-0.05, 0) is 34.6 Å².